The Hall–Kier alpha value is -3.24. The van der Waals surface area contributed by atoms with Crippen LogP contribution in [0.4, 0.5) is 18.9 Å². The molecule has 10 heteroatoms. The van der Waals surface area contributed by atoms with E-state index in [0.717, 1.165) is 56.3 Å². The van der Waals surface area contributed by atoms with Crippen LogP contribution in [-0.2, 0) is 36.5 Å². The van der Waals surface area contributed by atoms with E-state index >= 15 is 0 Å². The lowest BCUT2D eigenvalue weighted by molar-refractivity contribution is -0.138. The molecule has 2 aromatic carbocycles. The summed E-state index contributed by atoms with van der Waals surface area (Å²) >= 11 is 0. The summed E-state index contributed by atoms with van der Waals surface area (Å²) in [6.45, 7) is 2.26. The number of hydrogen-bond donors (Lipinski definition) is 1. The molecule has 0 atom stereocenters. The average Bonchev–Trinajstić information content (AvgIpc) is 3.53. The SMILES string of the molecule is Cn1cnnc1C1(c2cccc(N3Cc4c(cc(CNC5(C)CCC5)cc4C(F)(F)F)C3=O)c2)CC(OC2CC2)C1. The van der Waals surface area contributed by atoms with Gasteiger partial charge in [-0.3, -0.25) is 4.79 Å². The maximum atomic E-state index is 14.3. The van der Waals surface area contributed by atoms with Gasteiger partial charge in [0.15, 0.2) is 0 Å². The van der Waals surface area contributed by atoms with Crippen LogP contribution >= 0.6 is 0 Å². The van der Waals surface area contributed by atoms with Gasteiger partial charge in [-0.1, -0.05) is 12.1 Å². The number of nitrogens with one attached hydrogen (secondary N) is 1. The van der Waals surface area contributed by atoms with Crippen molar-refractivity contribution in [2.75, 3.05) is 4.90 Å². The Morgan fingerprint density at radius 3 is 2.54 bits per heavy atom. The lowest BCUT2D eigenvalue weighted by Gasteiger charge is -2.47. The molecule has 0 radical (unpaired) electrons. The van der Waals surface area contributed by atoms with E-state index in [2.05, 4.69) is 22.4 Å². The topological polar surface area (TPSA) is 72.3 Å². The minimum Gasteiger partial charge on any atom is -0.375 e. The molecule has 0 spiro atoms. The number of hydrogen-bond acceptors (Lipinski definition) is 5. The number of amides is 1. The third-order valence-electron chi connectivity index (χ3n) is 9.49. The number of fused-ring (bicyclic) bond motifs is 1. The highest BCUT2D eigenvalue weighted by Crippen LogP contribution is 2.51. The van der Waals surface area contributed by atoms with Gasteiger partial charge in [0.1, 0.15) is 12.2 Å². The van der Waals surface area contributed by atoms with Gasteiger partial charge < -0.3 is 19.5 Å². The number of nitrogens with zero attached hydrogens (tertiary/aromatic N) is 4. The number of aryl methyl sites for hydroxylation is 1. The highest BCUT2D eigenvalue weighted by atomic mass is 19.4. The van der Waals surface area contributed by atoms with E-state index < -0.39 is 23.1 Å². The van der Waals surface area contributed by atoms with Crippen molar-refractivity contribution in [1.29, 1.82) is 0 Å². The predicted octanol–water partition coefficient (Wildman–Crippen LogP) is 5.65. The van der Waals surface area contributed by atoms with Crippen LogP contribution < -0.4 is 10.2 Å². The van der Waals surface area contributed by atoms with Crippen LogP contribution in [0.2, 0.25) is 0 Å². The van der Waals surface area contributed by atoms with E-state index in [9.17, 15) is 18.0 Å². The molecular formula is C31H34F3N5O2. The van der Waals surface area contributed by atoms with Crippen molar-refractivity contribution < 1.29 is 22.7 Å². The first-order valence-corrected chi connectivity index (χ1v) is 14.5. The van der Waals surface area contributed by atoms with Crippen molar-refractivity contribution in [3.8, 4) is 0 Å². The first-order chi connectivity index (χ1) is 19.5. The average molecular weight is 566 g/mol. The molecule has 3 aromatic rings. The number of benzene rings is 2. The minimum atomic E-state index is -4.56. The molecule has 1 aliphatic heterocycles. The van der Waals surface area contributed by atoms with Gasteiger partial charge in [-0.05, 0) is 92.8 Å². The number of aromatic nitrogens is 3. The minimum absolute atomic E-state index is 0.0380. The zero-order valence-corrected chi connectivity index (χ0v) is 23.3. The van der Waals surface area contributed by atoms with Crippen molar-refractivity contribution in [3.63, 3.8) is 0 Å². The van der Waals surface area contributed by atoms with E-state index in [1.54, 1.807) is 18.5 Å². The molecule has 7 nitrogen and oxygen atoms in total. The van der Waals surface area contributed by atoms with Crippen LogP contribution in [-0.4, -0.2) is 38.4 Å². The number of anilines is 1. The van der Waals surface area contributed by atoms with Gasteiger partial charge in [-0.25, -0.2) is 0 Å². The molecule has 1 amide bonds. The van der Waals surface area contributed by atoms with Crippen LogP contribution in [0.5, 0.6) is 0 Å². The van der Waals surface area contributed by atoms with Crippen LogP contribution in [0.3, 0.4) is 0 Å². The largest absolute Gasteiger partial charge is 0.416 e. The van der Waals surface area contributed by atoms with Crippen molar-refractivity contribution in [3.05, 3.63) is 76.4 Å². The highest BCUT2D eigenvalue weighted by molar-refractivity contribution is 6.10. The smallest absolute Gasteiger partial charge is 0.375 e. The number of alkyl halides is 3. The normalized spacial score (nSPS) is 25.1. The van der Waals surface area contributed by atoms with Crippen LogP contribution in [0.25, 0.3) is 0 Å². The monoisotopic (exact) mass is 565 g/mol. The fourth-order valence-corrected chi connectivity index (χ4v) is 6.76. The molecule has 3 saturated carbocycles. The first kappa shape index (κ1) is 26.6. The van der Waals surface area contributed by atoms with Gasteiger partial charge in [-0.15, -0.1) is 10.2 Å². The standard InChI is InChI=1S/C31H34F3N5O2/c1-29(9-4-10-29)35-16-19-11-24-25(26(12-19)31(32,33)34)17-39(27(24)40)21-6-3-5-20(13-21)30(28-37-36-18-38(28)2)14-23(15-30)41-22-7-8-22/h3,5-6,11-13,18,22-23,35H,4,7-10,14-17H2,1-2H3. The Morgan fingerprint density at radius 1 is 1.12 bits per heavy atom. The Labute approximate surface area is 237 Å². The zero-order valence-electron chi connectivity index (χ0n) is 23.3. The molecule has 41 heavy (non-hydrogen) atoms. The molecule has 7 rings (SSSR count). The molecule has 0 bridgehead atoms. The summed E-state index contributed by atoms with van der Waals surface area (Å²) in [4.78, 5) is 15.2. The maximum absolute atomic E-state index is 14.3. The van der Waals surface area contributed by atoms with Gasteiger partial charge in [0.05, 0.1) is 29.7 Å². The van der Waals surface area contributed by atoms with E-state index in [0.29, 0.717) is 23.9 Å². The zero-order chi connectivity index (χ0) is 28.6. The van der Waals surface area contributed by atoms with Crippen molar-refractivity contribution in [1.82, 2.24) is 20.1 Å². The quantitative estimate of drug-likeness (QED) is 0.382. The number of ether oxygens (including phenoxy) is 1. The molecular weight excluding hydrogens is 531 g/mol. The van der Waals surface area contributed by atoms with Crippen LogP contribution in [0.1, 0.15) is 90.3 Å². The van der Waals surface area contributed by atoms with Gasteiger partial charge in [-0.2, -0.15) is 13.2 Å². The molecule has 1 N–H and O–H groups in total. The number of halogens is 3. The Balaban J connectivity index is 1.20. The third-order valence-corrected chi connectivity index (χ3v) is 9.49. The van der Waals surface area contributed by atoms with Gasteiger partial charge >= 0.3 is 6.18 Å². The van der Waals surface area contributed by atoms with E-state index in [-0.39, 0.29) is 29.3 Å². The summed E-state index contributed by atoms with van der Waals surface area (Å²) in [6.07, 6.45) is 4.33. The van der Waals surface area contributed by atoms with Crippen molar-refractivity contribution in [2.45, 2.75) is 94.3 Å². The summed E-state index contributed by atoms with van der Waals surface area (Å²) in [5.41, 5.74) is 0.951. The summed E-state index contributed by atoms with van der Waals surface area (Å²) in [5.74, 6) is 0.411. The van der Waals surface area contributed by atoms with E-state index in [1.807, 2.05) is 29.8 Å². The van der Waals surface area contributed by atoms with Crippen molar-refractivity contribution in [2.24, 2.45) is 7.05 Å². The van der Waals surface area contributed by atoms with E-state index in [1.165, 1.54) is 11.0 Å². The van der Waals surface area contributed by atoms with Gasteiger partial charge in [0.2, 0.25) is 0 Å². The fourth-order valence-electron chi connectivity index (χ4n) is 6.76. The Morgan fingerprint density at radius 2 is 1.90 bits per heavy atom. The molecule has 4 aliphatic rings. The number of carbonyl (C=O) groups is 1. The van der Waals surface area contributed by atoms with Crippen molar-refractivity contribution >= 4 is 11.6 Å². The van der Waals surface area contributed by atoms with Gasteiger partial charge in [0, 0.05) is 30.4 Å². The maximum Gasteiger partial charge on any atom is 0.416 e. The van der Waals surface area contributed by atoms with Crippen LogP contribution in [0.15, 0.2) is 42.7 Å². The second-order valence-corrected chi connectivity index (χ2v) is 12.6. The molecule has 0 unspecified atom stereocenters. The predicted molar refractivity (Wildman–Crippen MR) is 146 cm³/mol. The molecule has 2 heterocycles. The second kappa shape index (κ2) is 9.39. The third kappa shape index (κ3) is 4.65. The summed E-state index contributed by atoms with van der Waals surface area (Å²) in [7, 11) is 1.91. The lowest BCUT2D eigenvalue weighted by Crippen LogP contribution is -2.48. The molecule has 3 aliphatic carbocycles. The number of carbonyl (C=O) groups excluding carboxylic acids is 1. The lowest BCUT2D eigenvalue weighted by atomic mass is 9.62. The highest BCUT2D eigenvalue weighted by Gasteiger charge is 2.52. The Kier molecular flexibility index (Phi) is 6.10. The summed E-state index contributed by atoms with van der Waals surface area (Å²) in [5, 5.41) is 11.9. The summed E-state index contributed by atoms with van der Waals surface area (Å²) < 4.78 is 50.8. The molecule has 0 saturated heterocycles. The fraction of sp³-hybridized carbons (Fsp3) is 0.516. The second-order valence-electron chi connectivity index (χ2n) is 12.6. The van der Waals surface area contributed by atoms with E-state index in [4.69, 9.17) is 4.74 Å². The molecule has 3 fully saturated rings. The number of rotatable bonds is 8. The Bertz CT molecular complexity index is 1500. The summed E-state index contributed by atoms with van der Waals surface area (Å²) in [6, 6.07) is 10.4. The molecule has 1 aromatic heterocycles. The van der Waals surface area contributed by atoms with Crippen LogP contribution in [0, 0.1) is 0 Å². The molecule has 216 valence electrons. The first-order valence-electron chi connectivity index (χ1n) is 14.5. The van der Waals surface area contributed by atoms with Gasteiger partial charge in [0.25, 0.3) is 5.91 Å².